The second-order valence-corrected chi connectivity index (χ2v) is 6.83. The SMILES string of the molecule is CCN(C(=O)c1cc(C#N)cs1)c1nc2cc(Cl)ccc2s1. The van der Waals surface area contributed by atoms with Gasteiger partial charge in [0.2, 0.25) is 0 Å². The van der Waals surface area contributed by atoms with Crippen LogP contribution in [-0.2, 0) is 0 Å². The van der Waals surface area contributed by atoms with Gasteiger partial charge in [-0.2, -0.15) is 5.26 Å². The smallest absolute Gasteiger partial charge is 0.270 e. The van der Waals surface area contributed by atoms with E-state index in [2.05, 4.69) is 4.98 Å². The van der Waals surface area contributed by atoms with Crippen LogP contribution in [0.5, 0.6) is 0 Å². The van der Waals surface area contributed by atoms with E-state index in [0.29, 0.717) is 27.1 Å². The van der Waals surface area contributed by atoms with Crippen LogP contribution in [0.2, 0.25) is 5.02 Å². The Morgan fingerprint density at radius 3 is 2.95 bits per heavy atom. The van der Waals surface area contributed by atoms with Crippen LogP contribution in [0.4, 0.5) is 5.13 Å². The molecule has 0 aliphatic heterocycles. The van der Waals surface area contributed by atoms with Crippen molar-refractivity contribution in [1.82, 2.24) is 4.98 Å². The zero-order valence-corrected chi connectivity index (χ0v) is 13.9. The predicted molar refractivity (Wildman–Crippen MR) is 91.0 cm³/mol. The molecule has 1 amide bonds. The van der Waals surface area contributed by atoms with Gasteiger partial charge in [0.25, 0.3) is 5.91 Å². The lowest BCUT2D eigenvalue weighted by atomic mass is 10.3. The summed E-state index contributed by atoms with van der Waals surface area (Å²) < 4.78 is 0.981. The van der Waals surface area contributed by atoms with E-state index >= 15 is 0 Å². The summed E-state index contributed by atoms with van der Waals surface area (Å²) in [6.07, 6.45) is 0. The van der Waals surface area contributed by atoms with E-state index in [-0.39, 0.29) is 5.91 Å². The highest BCUT2D eigenvalue weighted by Crippen LogP contribution is 2.31. The van der Waals surface area contributed by atoms with Crippen LogP contribution in [0.15, 0.2) is 29.6 Å². The third-order valence-corrected chi connectivity index (χ3v) is 5.28. The topological polar surface area (TPSA) is 57.0 Å². The molecule has 2 heterocycles. The monoisotopic (exact) mass is 347 g/mol. The summed E-state index contributed by atoms with van der Waals surface area (Å²) in [6, 6.07) is 9.14. The van der Waals surface area contributed by atoms with Crippen molar-refractivity contribution in [3.63, 3.8) is 0 Å². The molecule has 3 rings (SSSR count). The number of rotatable bonds is 3. The van der Waals surface area contributed by atoms with Crippen LogP contribution in [0.1, 0.15) is 22.2 Å². The second kappa shape index (κ2) is 6.05. The van der Waals surface area contributed by atoms with E-state index in [9.17, 15) is 4.79 Å². The number of amides is 1. The summed E-state index contributed by atoms with van der Waals surface area (Å²) >= 11 is 8.69. The Bertz CT molecular complexity index is 894. The number of anilines is 1. The Morgan fingerprint density at radius 2 is 2.27 bits per heavy atom. The molecule has 0 aliphatic carbocycles. The zero-order valence-electron chi connectivity index (χ0n) is 11.5. The van der Waals surface area contributed by atoms with Crippen LogP contribution in [0, 0.1) is 11.3 Å². The molecule has 0 N–H and O–H groups in total. The number of benzene rings is 1. The van der Waals surface area contributed by atoms with Crippen molar-refractivity contribution in [1.29, 1.82) is 5.26 Å². The standard InChI is InChI=1S/C15H10ClN3OS2/c1-2-19(14(20)13-5-9(7-17)8-21-13)15-18-11-6-10(16)3-4-12(11)22-15/h3-6,8H,2H2,1H3. The highest BCUT2D eigenvalue weighted by molar-refractivity contribution is 7.22. The van der Waals surface area contributed by atoms with Gasteiger partial charge >= 0.3 is 0 Å². The molecule has 0 saturated carbocycles. The molecular weight excluding hydrogens is 338 g/mol. The van der Waals surface area contributed by atoms with Gasteiger partial charge in [-0.1, -0.05) is 22.9 Å². The van der Waals surface area contributed by atoms with Gasteiger partial charge in [0.1, 0.15) is 6.07 Å². The fourth-order valence-corrected chi connectivity index (χ4v) is 3.96. The average molecular weight is 348 g/mol. The first-order valence-electron chi connectivity index (χ1n) is 6.49. The van der Waals surface area contributed by atoms with E-state index in [1.807, 2.05) is 25.1 Å². The van der Waals surface area contributed by atoms with E-state index in [1.54, 1.807) is 22.4 Å². The number of fused-ring (bicyclic) bond motifs is 1. The highest BCUT2D eigenvalue weighted by Gasteiger charge is 2.21. The molecule has 0 fully saturated rings. The average Bonchev–Trinajstić information content (AvgIpc) is 3.13. The maximum absolute atomic E-state index is 12.6. The Labute approximate surface area is 140 Å². The minimum absolute atomic E-state index is 0.140. The number of carbonyl (C=O) groups excluding carboxylic acids is 1. The molecule has 0 radical (unpaired) electrons. The summed E-state index contributed by atoms with van der Waals surface area (Å²) in [6.45, 7) is 2.40. The third kappa shape index (κ3) is 2.71. The molecule has 1 aromatic carbocycles. The Hall–Kier alpha value is -1.94. The summed E-state index contributed by atoms with van der Waals surface area (Å²) in [7, 11) is 0. The summed E-state index contributed by atoms with van der Waals surface area (Å²) in [5, 5.41) is 11.8. The van der Waals surface area contributed by atoms with Crippen molar-refractivity contribution in [3.05, 3.63) is 45.1 Å². The van der Waals surface area contributed by atoms with Gasteiger partial charge in [-0.3, -0.25) is 9.69 Å². The Kier molecular flexibility index (Phi) is 4.12. The van der Waals surface area contributed by atoms with Crippen LogP contribution in [0.25, 0.3) is 10.2 Å². The molecule has 0 unspecified atom stereocenters. The zero-order chi connectivity index (χ0) is 15.7. The van der Waals surface area contributed by atoms with Crippen molar-refractivity contribution < 1.29 is 4.79 Å². The number of thiophene rings is 1. The lowest BCUT2D eigenvalue weighted by Crippen LogP contribution is -2.29. The summed E-state index contributed by atoms with van der Waals surface area (Å²) in [4.78, 5) is 19.3. The van der Waals surface area contributed by atoms with E-state index in [1.165, 1.54) is 22.7 Å². The number of aromatic nitrogens is 1. The fourth-order valence-electron chi connectivity index (χ4n) is 2.01. The first-order chi connectivity index (χ1) is 10.6. The molecule has 22 heavy (non-hydrogen) atoms. The number of nitrogens with zero attached hydrogens (tertiary/aromatic N) is 3. The molecule has 0 spiro atoms. The molecular formula is C15H10ClN3OS2. The first-order valence-corrected chi connectivity index (χ1v) is 8.56. The second-order valence-electron chi connectivity index (χ2n) is 4.47. The predicted octanol–water partition coefficient (Wildman–Crippen LogP) is 4.55. The van der Waals surface area contributed by atoms with Gasteiger partial charge in [-0.25, -0.2) is 4.98 Å². The quantitative estimate of drug-likeness (QED) is 0.698. The van der Waals surface area contributed by atoms with Crippen LogP contribution >= 0.6 is 34.3 Å². The van der Waals surface area contributed by atoms with Crippen LogP contribution in [-0.4, -0.2) is 17.4 Å². The maximum Gasteiger partial charge on any atom is 0.270 e. The number of hydrogen-bond acceptors (Lipinski definition) is 5. The van der Waals surface area contributed by atoms with Gasteiger partial charge < -0.3 is 0 Å². The van der Waals surface area contributed by atoms with Gasteiger partial charge in [0.05, 0.1) is 20.7 Å². The fraction of sp³-hybridized carbons (Fsp3) is 0.133. The molecule has 3 aromatic rings. The van der Waals surface area contributed by atoms with E-state index < -0.39 is 0 Å². The van der Waals surface area contributed by atoms with Crippen molar-refractivity contribution in [2.24, 2.45) is 0 Å². The van der Waals surface area contributed by atoms with Gasteiger partial charge in [0, 0.05) is 16.9 Å². The highest BCUT2D eigenvalue weighted by atomic mass is 35.5. The summed E-state index contributed by atoms with van der Waals surface area (Å²) in [5.41, 5.74) is 1.28. The number of halogens is 1. The number of carbonyl (C=O) groups is 1. The molecule has 4 nitrogen and oxygen atoms in total. The normalized spacial score (nSPS) is 10.6. The van der Waals surface area contributed by atoms with Crippen molar-refractivity contribution in [2.75, 3.05) is 11.4 Å². The molecule has 0 saturated heterocycles. The number of hydrogen-bond donors (Lipinski definition) is 0. The van der Waals surface area contributed by atoms with Crippen LogP contribution in [0.3, 0.4) is 0 Å². The lowest BCUT2D eigenvalue weighted by molar-refractivity contribution is 0.0992. The largest absolute Gasteiger partial charge is 0.284 e. The van der Waals surface area contributed by atoms with E-state index in [4.69, 9.17) is 16.9 Å². The van der Waals surface area contributed by atoms with Gasteiger partial charge in [0.15, 0.2) is 5.13 Å². The molecule has 0 atom stereocenters. The van der Waals surface area contributed by atoms with Crippen molar-refractivity contribution in [2.45, 2.75) is 6.92 Å². The molecule has 0 aliphatic rings. The first kappa shape index (κ1) is 15.0. The van der Waals surface area contributed by atoms with Crippen molar-refractivity contribution in [3.8, 4) is 6.07 Å². The summed E-state index contributed by atoms with van der Waals surface area (Å²) in [5.74, 6) is -0.140. The van der Waals surface area contributed by atoms with Crippen LogP contribution < -0.4 is 4.90 Å². The maximum atomic E-state index is 12.6. The molecule has 110 valence electrons. The molecule has 2 aromatic heterocycles. The third-order valence-electron chi connectivity index (χ3n) is 3.07. The number of thiazole rings is 1. The minimum atomic E-state index is -0.140. The van der Waals surface area contributed by atoms with Gasteiger partial charge in [-0.05, 0) is 31.2 Å². The van der Waals surface area contributed by atoms with E-state index in [0.717, 1.165) is 10.2 Å². The Morgan fingerprint density at radius 1 is 1.45 bits per heavy atom. The minimum Gasteiger partial charge on any atom is -0.284 e. The lowest BCUT2D eigenvalue weighted by Gasteiger charge is -2.16. The Balaban J connectivity index is 1.98. The molecule has 0 bridgehead atoms. The van der Waals surface area contributed by atoms with Gasteiger partial charge in [-0.15, -0.1) is 11.3 Å². The number of nitriles is 1. The van der Waals surface area contributed by atoms with Crippen molar-refractivity contribution >= 4 is 55.5 Å². The molecule has 7 heteroatoms.